The summed E-state index contributed by atoms with van der Waals surface area (Å²) in [7, 11) is -3.92. The third kappa shape index (κ3) is 5.10. The normalized spacial score (nSPS) is 15.6. The summed E-state index contributed by atoms with van der Waals surface area (Å²) in [6.45, 7) is 3.60. The van der Waals surface area contributed by atoms with Crippen LogP contribution in [-0.4, -0.2) is 17.5 Å². The van der Waals surface area contributed by atoms with Crippen molar-refractivity contribution >= 4 is 24.1 Å². The average molecular weight is 487 g/mol. The molecule has 0 aromatic heterocycles. The average Bonchev–Trinajstić information content (AvgIpc) is 2.89. The van der Waals surface area contributed by atoms with Gasteiger partial charge in [-0.3, -0.25) is 9.36 Å². The van der Waals surface area contributed by atoms with Gasteiger partial charge >= 0.3 is 5.97 Å². The molecule has 0 aliphatic heterocycles. The van der Waals surface area contributed by atoms with Crippen molar-refractivity contribution in [3.63, 3.8) is 0 Å². The molecule has 4 nitrogen and oxygen atoms in total. The molecule has 4 rings (SSSR count). The number of fused-ring (bicyclic) bond motifs is 1. The highest BCUT2D eigenvalue weighted by molar-refractivity contribution is 7.58. The van der Waals surface area contributed by atoms with E-state index in [1.807, 2.05) is 110 Å². The number of carbonyl (C=O) groups excluding carboxylic acids is 1. The van der Waals surface area contributed by atoms with Crippen molar-refractivity contribution < 1.29 is 19.0 Å². The monoisotopic (exact) mass is 486 g/mol. The van der Waals surface area contributed by atoms with Crippen LogP contribution in [0.2, 0.25) is 0 Å². The highest BCUT2D eigenvalue weighted by Crippen LogP contribution is 2.67. The Morgan fingerprint density at radius 2 is 1.49 bits per heavy atom. The van der Waals surface area contributed by atoms with Crippen LogP contribution in [0.4, 0.5) is 0 Å². The standard InChI is InChI=1S/C30H31O4P/c1-3-29(31)34-21-28(27-20-12-16-24-15-10-11-19-26(24)27)30(2,25-17-8-5-9-18-25)35(32,33)22-23-13-6-4-7-14-23/h4-20,28H,3,21-22H2,1-2H3,(H,32,33). The molecular weight excluding hydrogens is 455 g/mol. The summed E-state index contributed by atoms with van der Waals surface area (Å²) in [5.41, 5.74) is 2.43. The number of carbonyl (C=O) groups is 1. The van der Waals surface area contributed by atoms with Crippen LogP contribution < -0.4 is 0 Å². The van der Waals surface area contributed by atoms with Gasteiger partial charge in [0.15, 0.2) is 0 Å². The van der Waals surface area contributed by atoms with Crippen molar-refractivity contribution in [1.29, 1.82) is 0 Å². The van der Waals surface area contributed by atoms with Gasteiger partial charge in [0.05, 0.1) is 17.9 Å². The number of hydrogen-bond acceptors (Lipinski definition) is 3. The lowest BCUT2D eigenvalue weighted by molar-refractivity contribution is -0.144. The van der Waals surface area contributed by atoms with Crippen molar-refractivity contribution in [3.8, 4) is 0 Å². The van der Waals surface area contributed by atoms with E-state index in [-0.39, 0.29) is 25.2 Å². The van der Waals surface area contributed by atoms with Gasteiger partial charge in [0.25, 0.3) is 0 Å². The van der Waals surface area contributed by atoms with E-state index in [0.29, 0.717) is 0 Å². The van der Waals surface area contributed by atoms with Crippen molar-refractivity contribution in [1.82, 2.24) is 0 Å². The summed E-state index contributed by atoms with van der Waals surface area (Å²) in [5, 5.41) is 0.792. The zero-order valence-electron chi connectivity index (χ0n) is 20.1. The fourth-order valence-electron chi connectivity index (χ4n) is 4.80. The van der Waals surface area contributed by atoms with Crippen LogP contribution in [0.3, 0.4) is 0 Å². The van der Waals surface area contributed by atoms with Crippen LogP contribution in [0, 0.1) is 0 Å². The second-order valence-electron chi connectivity index (χ2n) is 9.02. The summed E-state index contributed by atoms with van der Waals surface area (Å²) < 4.78 is 20.2. The van der Waals surface area contributed by atoms with Crippen molar-refractivity contribution in [2.75, 3.05) is 6.61 Å². The fraction of sp³-hybridized carbons (Fsp3) is 0.233. The van der Waals surface area contributed by atoms with E-state index in [2.05, 4.69) is 0 Å². The Kier molecular flexibility index (Phi) is 7.54. The second-order valence-corrected chi connectivity index (χ2v) is 11.7. The molecule has 0 heterocycles. The number of benzene rings is 4. The van der Waals surface area contributed by atoms with Gasteiger partial charge in [-0.15, -0.1) is 0 Å². The molecule has 1 N–H and O–H groups in total. The first-order valence-corrected chi connectivity index (χ1v) is 13.8. The van der Waals surface area contributed by atoms with Gasteiger partial charge in [-0.1, -0.05) is 110 Å². The molecule has 0 amide bonds. The van der Waals surface area contributed by atoms with E-state index in [1.165, 1.54) is 0 Å². The molecule has 4 aromatic rings. The third-order valence-corrected chi connectivity index (χ3v) is 9.72. The Morgan fingerprint density at radius 3 is 2.17 bits per heavy atom. The first kappa shape index (κ1) is 24.9. The topological polar surface area (TPSA) is 63.6 Å². The largest absolute Gasteiger partial charge is 0.465 e. The summed E-state index contributed by atoms with van der Waals surface area (Å²) in [6, 6.07) is 32.8. The van der Waals surface area contributed by atoms with Gasteiger partial charge in [0, 0.05) is 12.3 Å². The number of ether oxygens (including phenoxy) is 1. The summed E-state index contributed by atoms with van der Waals surface area (Å²) in [6.07, 6.45) is 0.257. The molecule has 0 aliphatic carbocycles. The Balaban J connectivity index is 1.94. The summed E-state index contributed by atoms with van der Waals surface area (Å²) in [4.78, 5) is 24.1. The Hall–Kier alpha value is -3.20. The van der Waals surface area contributed by atoms with Crippen LogP contribution in [0.25, 0.3) is 10.8 Å². The van der Waals surface area contributed by atoms with E-state index in [1.54, 1.807) is 6.92 Å². The molecule has 180 valence electrons. The maximum atomic E-state index is 14.5. The van der Waals surface area contributed by atoms with Crippen molar-refractivity contribution in [2.24, 2.45) is 0 Å². The maximum absolute atomic E-state index is 14.5. The van der Waals surface area contributed by atoms with Gasteiger partial charge in [-0.25, -0.2) is 0 Å². The van der Waals surface area contributed by atoms with Gasteiger partial charge in [0.1, 0.15) is 0 Å². The van der Waals surface area contributed by atoms with Gasteiger partial charge in [-0.05, 0) is 34.4 Å². The number of rotatable bonds is 9. The van der Waals surface area contributed by atoms with Crippen LogP contribution in [0.15, 0.2) is 103 Å². The fourth-order valence-corrected chi connectivity index (χ4v) is 7.09. The molecule has 0 bridgehead atoms. The van der Waals surface area contributed by atoms with E-state index >= 15 is 0 Å². The van der Waals surface area contributed by atoms with E-state index in [9.17, 15) is 14.3 Å². The van der Waals surface area contributed by atoms with Crippen LogP contribution in [-0.2, 0) is 25.4 Å². The molecule has 0 spiro atoms. The highest BCUT2D eigenvalue weighted by atomic mass is 31.2. The molecule has 0 radical (unpaired) electrons. The number of esters is 1. The molecule has 0 saturated carbocycles. The molecular formula is C30H31O4P. The lowest BCUT2D eigenvalue weighted by atomic mass is 9.80. The Labute approximate surface area is 207 Å². The zero-order chi connectivity index (χ0) is 24.9. The minimum atomic E-state index is -3.92. The molecule has 35 heavy (non-hydrogen) atoms. The lowest BCUT2D eigenvalue weighted by Crippen LogP contribution is -2.35. The highest BCUT2D eigenvalue weighted by Gasteiger charge is 2.51. The molecule has 0 aliphatic rings. The maximum Gasteiger partial charge on any atom is 0.305 e. The van der Waals surface area contributed by atoms with E-state index in [4.69, 9.17) is 4.74 Å². The van der Waals surface area contributed by atoms with Crippen LogP contribution >= 0.6 is 7.37 Å². The smallest absolute Gasteiger partial charge is 0.305 e. The molecule has 0 saturated heterocycles. The first-order chi connectivity index (χ1) is 16.9. The SMILES string of the molecule is CCC(=O)OCC(c1cccc2ccccc12)C(C)(c1ccccc1)P(=O)(O)Cc1ccccc1. The predicted molar refractivity (Wildman–Crippen MR) is 142 cm³/mol. The molecule has 3 atom stereocenters. The van der Waals surface area contributed by atoms with Gasteiger partial charge in [-0.2, -0.15) is 0 Å². The van der Waals surface area contributed by atoms with Crippen molar-refractivity contribution in [2.45, 2.75) is 37.5 Å². The van der Waals surface area contributed by atoms with Gasteiger partial charge < -0.3 is 9.63 Å². The quantitative estimate of drug-likeness (QED) is 0.200. The van der Waals surface area contributed by atoms with Crippen molar-refractivity contribution in [3.05, 3.63) is 120 Å². The predicted octanol–water partition coefficient (Wildman–Crippen LogP) is 7.26. The second kappa shape index (κ2) is 10.6. The van der Waals surface area contributed by atoms with E-state index < -0.39 is 18.4 Å². The number of hydrogen-bond donors (Lipinski definition) is 1. The lowest BCUT2D eigenvalue weighted by Gasteiger charge is -2.42. The Bertz CT molecular complexity index is 1330. The Morgan fingerprint density at radius 1 is 0.886 bits per heavy atom. The minimum absolute atomic E-state index is 0.00537. The third-order valence-electron chi connectivity index (χ3n) is 6.90. The molecule has 3 unspecified atom stereocenters. The zero-order valence-corrected chi connectivity index (χ0v) is 21.0. The summed E-state index contributed by atoms with van der Waals surface area (Å²) >= 11 is 0. The van der Waals surface area contributed by atoms with Gasteiger partial charge in [0.2, 0.25) is 7.37 Å². The van der Waals surface area contributed by atoms with Crippen LogP contribution in [0.1, 0.15) is 42.9 Å². The molecule has 5 heteroatoms. The first-order valence-electron chi connectivity index (χ1n) is 11.9. The van der Waals surface area contributed by atoms with E-state index in [0.717, 1.165) is 27.5 Å². The van der Waals surface area contributed by atoms with Crippen LogP contribution in [0.5, 0.6) is 0 Å². The molecule has 4 aromatic carbocycles. The minimum Gasteiger partial charge on any atom is -0.465 e. The summed E-state index contributed by atoms with van der Waals surface area (Å²) in [5.74, 6) is -0.882. The molecule has 0 fully saturated rings.